The van der Waals surface area contributed by atoms with Crippen LogP contribution >= 0.6 is 0 Å². The molecule has 1 fully saturated rings. The van der Waals surface area contributed by atoms with E-state index in [9.17, 15) is 9.50 Å². The molecule has 1 atom stereocenters. The molecule has 0 amide bonds. The number of piperazine rings is 1. The van der Waals surface area contributed by atoms with E-state index in [0.717, 1.165) is 31.7 Å². The third kappa shape index (κ3) is 4.00. The highest BCUT2D eigenvalue weighted by molar-refractivity contribution is 5.18. The van der Waals surface area contributed by atoms with Gasteiger partial charge in [0, 0.05) is 38.8 Å². The Hall–Kier alpha value is -0.970. The lowest BCUT2D eigenvalue weighted by Gasteiger charge is -2.37. The van der Waals surface area contributed by atoms with Gasteiger partial charge in [-0.15, -0.1) is 0 Å². The molecule has 1 N–H and O–H groups in total. The maximum atomic E-state index is 12.8. The summed E-state index contributed by atoms with van der Waals surface area (Å²) in [6.07, 6.45) is -0.536. The van der Waals surface area contributed by atoms with Crippen molar-refractivity contribution in [3.05, 3.63) is 35.6 Å². The van der Waals surface area contributed by atoms with Crippen LogP contribution in [0, 0.1) is 5.82 Å². The van der Waals surface area contributed by atoms with Crippen molar-refractivity contribution < 1.29 is 9.50 Å². The molecule has 0 spiro atoms. The maximum Gasteiger partial charge on any atom is 0.123 e. The van der Waals surface area contributed by atoms with Gasteiger partial charge < -0.3 is 5.11 Å². The molecule has 4 heteroatoms. The van der Waals surface area contributed by atoms with Gasteiger partial charge in [-0.3, -0.25) is 9.80 Å². The normalized spacial score (nSPS) is 19.8. The number of benzene rings is 1. The van der Waals surface area contributed by atoms with Crippen molar-refractivity contribution in [1.82, 2.24) is 9.80 Å². The number of halogens is 1. The Morgan fingerprint density at radius 1 is 1.11 bits per heavy atom. The summed E-state index contributed by atoms with van der Waals surface area (Å²) in [5.74, 6) is -0.263. The zero-order chi connectivity index (χ0) is 13.8. The van der Waals surface area contributed by atoms with E-state index in [1.54, 1.807) is 12.1 Å². The molecule has 1 aliphatic heterocycles. The van der Waals surface area contributed by atoms with Crippen LogP contribution in [-0.4, -0.2) is 53.7 Å². The van der Waals surface area contributed by atoms with Crippen molar-refractivity contribution >= 4 is 0 Å². The van der Waals surface area contributed by atoms with Crippen LogP contribution in [0.4, 0.5) is 4.39 Å². The van der Waals surface area contributed by atoms with Crippen LogP contribution in [-0.2, 0) is 0 Å². The third-order valence-corrected chi connectivity index (χ3v) is 3.82. The molecule has 1 aliphatic rings. The van der Waals surface area contributed by atoms with Crippen LogP contribution in [0.25, 0.3) is 0 Å². The van der Waals surface area contributed by atoms with Crippen molar-refractivity contribution in [2.24, 2.45) is 0 Å². The molecule has 2 rings (SSSR count). The zero-order valence-electron chi connectivity index (χ0n) is 11.7. The van der Waals surface area contributed by atoms with Crippen LogP contribution in [0.5, 0.6) is 0 Å². The summed E-state index contributed by atoms with van der Waals surface area (Å²) in [4.78, 5) is 4.72. The van der Waals surface area contributed by atoms with Gasteiger partial charge in [-0.25, -0.2) is 4.39 Å². The monoisotopic (exact) mass is 266 g/mol. The zero-order valence-corrected chi connectivity index (χ0v) is 11.7. The Labute approximate surface area is 114 Å². The van der Waals surface area contributed by atoms with E-state index in [1.807, 2.05) is 0 Å². The Morgan fingerprint density at radius 2 is 1.68 bits per heavy atom. The van der Waals surface area contributed by atoms with E-state index in [2.05, 4.69) is 23.6 Å². The molecule has 1 unspecified atom stereocenters. The minimum atomic E-state index is -0.536. The molecule has 1 heterocycles. The predicted octanol–water partition coefficient (Wildman–Crippen LogP) is 1.89. The SMILES string of the molecule is CC(C)N1CCN(CC(O)c2ccc(F)cc2)CC1. The number of hydrogen-bond acceptors (Lipinski definition) is 3. The fourth-order valence-corrected chi connectivity index (χ4v) is 2.50. The summed E-state index contributed by atoms with van der Waals surface area (Å²) in [6.45, 7) is 9.11. The summed E-state index contributed by atoms with van der Waals surface area (Å²) >= 11 is 0. The molecule has 0 bridgehead atoms. The van der Waals surface area contributed by atoms with E-state index in [0.29, 0.717) is 12.6 Å². The largest absolute Gasteiger partial charge is 0.387 e. The van der Waals surface area contributed by atoms with Gasteiger partial charge in [0.15, 0.2) is 0 Å². The van der Waals surface area contributed by atoms with Crippen LogP contribution in [0.2, 0.25) is 0 Å². The molecule has 19 heavy (non-hydrogen) atoms. The van der Waals surface area contributed by atoms with Crippen LogP contribution in [0.15, 0.2) is 24.3 Å². The van der Waals surface area contributed by atoms with Gasteiger partial charge in [-0.05, 0) is 31.5 Å². The second-order valence-electron chi connectivity index (χ2n) is 5.50. The average molecular weight is 266 g/mol. The fraction of sp³-hybridized carbons (Fsp3) is 0.600. The third-order valence-electron chi connectivity index (χ3n) is 3.82. The molecule has 106 valence electrons. The molecule has 1 aromatic carbocycles. The summed E-state index contributed by atoms with van der Waals surface area (Å²) in [5.41, 5.74) is 0.785. The lowest BCUT2D eigenvalue weighted by molar-refractivity contribution is 0.0621. The quantitative estimate of drug-likeness (QED) is 0.901. The number of aliphatic hydroxyl groups is 1. The van der Waals surface area contributed by atoms with Crippen LogP contribution in [0.3, 0.4) is 0 Å². The van der Waals surface area contributed by atoms with Gasteiger partial charge in [-0.1, -0.05) is 12.1 Å². The summed E-state index contributed by atoms with van der Waals surface area (Å²) in [6, 6.07) is 6.70. The molecule has 1 saturated heterocycles. The molecule has 0 radical (unpaired) electrons. The van der Waals surface area contributed by atoms with Gasteiger partial charge in [0.05, 0.1) is 6.10 Å². The number of hydrogen-bond donors (Lipinski definition) is 1. The van der Waals surface area contributed by atoms with E-state index in [-0.39, 0.29) is 5.82 Å². The first-order valence-corrected chi connectivity index (χ1v) is 6.96. The topological polar surface area (TPSA) is 26.7 Å². The molecule has 3 nitrogen and oxygen atoms in total. The molecule has 0 aromatic heterocycles. The summed E-state index contributed by atoms with van der Waals surface area (Å²) < 4.78 is 12.8. The van der Waals surface area contributed by atoms with Crippen molar-refractivity contribution in [2.45, 2.75) is 26.0 Å². The van der Waals surface area contributed by atoms with Crippen molar-refractivity contribution in [2.75, 3.05) is 32.7 Å². The number of β-amino-alcohol motifs (C(OH)–C–C–N with tert-alkyl or cyclic N) is 1. The molecule has 0 aliphatic carbocycles. The Balaban J connectivity index is 1.83. The van der Waals surface area contributed by atoms with Gasteiger partial charge in [0.2, 0.25) is 0 Å². The second-order valence-corrected chi connectivity index (χ2v) is 5.50. The predicted molar refractivity (Wildman–Crippen MR) is 74.5 cm³/mol. The highest BCUT2D eigenvalue weighted by Gasteiger charge is 2.21. The first-order chi connectivity index (χ1) is 9.06. The maximum absolute atomic E-state index is 12.8. The lowest BCUT2D eigenvalue weighted by atomic mass is 10.1. The van der Waals surface area contributed by atoms with Crippen molar-refractivity contribution in [1.29, 1.82) is 0 Å². The first kappa shape index (κ1) is 14.4. The van der Waals surface area contributed by atoms with Gasteiger partial charge in [0.25, 0.3) is 0 Å². The Morgan fingerprint density at radius 3 is 2.21 bits per heavy atom. The first-order valence-electron chi connectivity index (χ1n) is 6.96. The molecular formula is C15H23FN2O. The Bertz CT molecular complexity index is 386. The standard InChI is InChI=1S/C15H23FN2O/c1-12(2)18-9-7-17(8-10-18)11-15(19)13-3-5-14(16)6-4-13/h3-6,12,15,19H,7-11H2,1-2H3. The number of aliphatic hydroxyl groups excluding tert-OH is 1. The minimum Gasteiger partial charge on any atom is -0.387 e. The highest BCUT2D eigenvalue weighted by Crippen LogP contribution is 2.16. The van der Waals surface area contributed by atoms with E-state index in [4.69, 9.17) is 0 Å². The van der Waals surface area contributed by atoms with E-state index in [1.165, 1.54) is 12.1 Å². The molecule has 1 aromatic rings. The number of nitrogens with zero attached hydrogens (tertiary/aromatic N) is 2. The van der Waals surface area contributed by atoms with Crippen LogP contribution < -0.4 is 0 Å². The smallest absolute Gasteiger partial charge is 0.123 e. The molecule has 0 saturated carbocycles. The fourth-order valence-electron chi connectivity index (χ4n) is 2.50. The molecular weight excluding hydrogens is 243 g/mol. The van der Waals surface area contributed by atoms with Crippen molar-refractivity contribution in [3.63, 3.8) is 0 Å². The number of rotatable bonds is 4. The van der Waals surface area contributed by atoms with Gasteiger partial charge >= 0.3 is 0 Å². The van der Waals surface area contributed by atoms with Crippen molar-refractivity contribution in [3.8, 4) is 0 Å². The lowest BCUT2D eigenvalue weighted by Crippen LogP contribution is -2.49. The summed E-state index contributed by atoms with van der Waals surface area (Å²) in [7, 11) is 0. The average Bonchev–Trinajstić information content (AvgIpc) is 2.40. The second kappa shape index (κ2) is 6.46. The van der Waals surface area contributed by atoms with E-state index < -0.39 is 6.10 Å². The van der Waals surface area contributed by atoms with Crippen LogP contribution in [0.1, 0.15) is 25.5 Å². The highest BCUT2D eigenvalue weighted by atomic mass is 19.1. The minimum absolute atomic E-state index is 0.263. The summed E-state index contributed by atoms with van der Waals surface area (Å²) in [5, 5.41) is 10.2. The Kier molecular flexibility index (Phi) is 4.91. The van der Waals surface area contributed by atoms with E-state index >= 15 is 0 Å². The van der Waals surface area contributed by atoms with Gasteiger partial charge in [0.1, 0.15) is 5.82 Å². The van der Waals surface area contributed by atoms with Gasteiger partial charge in [-0.2, -0.15) is 0 Å².